The molecule has 0 spiro atoms. The summed E-state index contributed by atoms with van der Waals surface area (Å²) >= 11 is 0. The molecule has 2 N–H and O–H groups in total. The molecule has 0 saturated carbocycles. The SMILES string of the molecule is CCCCc1ccc(Nc2nc3cc(O)ccc3o2)cc1. The van der Waals surface area contributed by atoms with Gasteiger partial charge in [0.05, 0.1) is 0 Å². The number of nitrogens with zero attached hydrogens (tertiary/aromatic N) is 1. The minimum atomic E-state index is 0.183. The van der Waals surface area contributed by atoms with Crippen LogP contribution in [0.15, 0.2) is 46.9 Å². The molecule has 21 heavy (non-hydrogen) atoms. The van der Waals surface area contributed by atoms with Crippen molar-refractivity contribution in [3.63, 3.8) is 0 Å². The summed E-state index contributed by atoms with van der Waals surface area (Å²) in [7, 11) is 0. The number of phenolic OH excluding ortho intramolecular Hbond substituents is 1. The number of hydrogen-bond donors (Lipinski definition) is 2. The van der Waals surface area contributed by atoms with Crippen LogP contribution in [0.2, 0.25) is 0 Å². The second-order valence-electron chi connectivity index (χ2n) is 5.10. The van der Waals surface area contributed by atoms with E-state index in [-0.39, 0.29) is 5.75 Å². The van der Waals surface area contributed by atoms with Crippen LogP contribution in [-0.2, 0) is 6.42 Å². The van der Waals surface area contributed by atoms with Gasteiger partial charge in [0.15, 0.2) is 5.58 Å². The minimum absolute atomic E-state index is 0.183. The summed E-state index contributed by atoms with van der Waals surface area (Å²) < 4.78 is 5.59. The van der Waals surface area contributed by atoms with Crippen molar-refractivity contribution < 1.29 is 9.52 Å². The van der Waals surface area contributed by atoms with Crippen molar-refractivity contribution in [3.8, 4) is 5.75 Å². The number of hydrogen-bond acceptors (Lipinski definition) is 4. The van der Waals surface area contributed by atoms with Crippen LogP contribution in [0.3, 0.4) is 0 Å². The summed E-state index contributed by atoms with van der Waals surface area (Å²) in [6.45, 7) is 2.20. The molecule has 0 aliphatic heterocycles. The van der Waals surface area contributed by atoms with Crippen LogP contribution < -0.4 is 5.32 Å². The van der Waals surface area contributed by atoms with Crippen molar-refractivity contribution in [2.45, 2.75) is 26.2 Å². The van der Waals surface area contributed by atoms with Crippen molar-refractivity contribution in [1.29, 1.82) is 0 Å². The minimum Gasteiger partial charge on any atom is -0.508 e. The number of nitrogens with one attached hydrogen (secondary N) is 1. The normalized spacial score (nSPS) is 10.9. The molecule has 3 rings (SSSR count). The zero-order valence-electron chi connectivity index (χ0n) is 12.0. The van der Waals surface area contributed by atoms with Gasteiger partial charge in [0, 0.05) is 11.8 Å². The molecule has 3 aromatic rings. The van der Waals surface area contributed by atoms with Gasteiger partial charge in [0.1, 0.15) is 11.3 Å². The Bertz CT molecular complexity index is 732. The number of unbranched alkanes of at least 4 members (excludes halogenated alkanes) is 1. The molecular weight excluding hydrogens is 264 g/mol. The lowest BCUT2D eigenvalue weighted by Gasteiger charge is -2.03. The highest BCUT2D eigenvalue weighted by Crippen LogP contribution is 2.25. The Kier molecular flexibility index (Phi) is 3.77. The maximum atomic E-state index is 9.43. The van der Waals surface area contributed by atoms with Gasteiger partial charge in [0.25, 0.3) is 6.01 Å². The van der Waals surface area contributed by atoms with E-state index in [0.717, 1.165) is 12.1 Å². The zero-order valence-corrected chi connectivity index (χ0v) is 12.0. The summed E-state index contributed by atoms with van der Waals surface area (Å²) in [4.78, 5) is 4.30. The van der Waals surface area contributed by atoms with Crippen LogP contribution in [-0.4, -0.2) is 10.1 Å². The predicted octanol–water partition coefficient (Wildman–Crippen LogP) is 4.62. The Morgan fingerprint density at radius 2 is 1.95 bits per heavy atom. The second-order valence-corrected chi connectivity index (χ2v) is 5.10. The van der Waals surface area contributed by atoms with E-state index < -0.39 is 0 Å². The molecule has 0 fully saturated rings. The van der Waals surface area contributed by atoms with Crippen molar-refractivity contribution >= 4 is 22.8 Å². The first-order valence-electron chi connectivity index (χ1n) is 7.20. The highest BCUT2D eigenvalue weighted by Gasteiger charge is 2.06. The highest BCUT2D eigenvalue weighted by atomic mass is 16.4. The van der Waals surface area contributed by atoms with Crippen molar-refractivity contribution in [2.75, 3.05) is 5.32 Å². The Hall–Kier alpha value is -2.49. The molecule has 0 saturated heterocycles. The number of anilines is 2. The third kappa shape index (κ3) is 3.16. The number of aromatic hydroxyl groups is 1. The fraction of sp³-hybridized carbons (Fsp3) is 0.235. The zero-order chi connectivity index (χ0) is 14.7. The van der Waals surface area contributed by atoms with Crippen LogP contribution in [0, 0.1) is 0 Å². The van der Waals surface area contributed by atoms with Gasteiger partial charge in [-0.15, -0.1) is 0 Å². The molecule has 4 heteroatoms. The maximum Gasteiger partial charge on any atom is 0.300 e. The van der Waals surface area contributed by atoms with Crippen molar-refractivity contribution in [1.82, 2.24) is 4.98 Å². The van der Waals surface area contributed by atoms with E-state index in [1.165, 1.54) is 18.4 Å². The molecule has 0 bridgehead atoms. The van der Waals surface area contributed by atoms with Gasteiger partial charge in [-0.25, -0.2) is 0 Å². The summed E-state index contributed by atoms with van der Waals surface area (Å²) in [6, 6.07) is 13.6. The topological polar surface area (TPSA) is 58.3 Å². The lowest BCUT2D eigenvalue weighted by Crippen LogP contribution is -1.91. The van der Waals surface area contributed by atoms with Gasteiger partial charge in [-0.2, -0.15) is 4.98 Å². The molecule has 1 aromatic heterocycles. The largest absolute Gasteiger partial charge is 0.508 e. The van der Waals surface area contributed by atoms with Gasteiger partial charge in [-0.05, 0) is 42.7 Å². The Morgan fingerprint density at radius 1 is 1.14 bits per heavy atom. The van der Waals surface area contributed by atoms with E-state index in [9.17, 15) is 5.11 Å². The summed E-state index contributed by atoms with van der Waals surface area (Å²) in [5.41, 5.74) is 3.56. The van der Waals surface area contributed by atoms with Crippen molar-refractivity contribution in [2.24, 2.45) is 0 Å². The van der Waals surface area contributed by atoms with Crippen LogP contribution in [0.5, 0.6) is 5.75 Å². The Labute approximate surface area is 123 Å². The molecule has 0 unspecified atom stereocenters. The summed E-state index contributed by atoms with van der Waals surface area (Å²) in [5.74, 6) is 0.183. The molecule has 0 aliphatic carbocycles. The summed E-state index contributed by atoms with van der Waals surface area (Å²) in [5, 5.41) is 12.6. The molecular formula is C17H18N2O2. The number of rotatable bonds is 5. The van der Waals surface area contributed by atoms with E-state index in [2.05, 4.69) is 29.4 Å². The van der Waals surface area contributed by atoms with Gasteiger partial charge in [-0.1, -0.05) is 25.5 Å². The first kappa shape index (κ1) is 13.5. The lowest BCUT2D eigenvalue weighted by atomic mass is 10.1. The molecule has 4 nitrogen and oxygen atoms in total. The number of benzene rings is 2. The third-order valence-electron chi connectivity index (χ3n) is 3.40. The van der Waals surface area contributed by atoms with Crippen LogP contribution in [0.25, 0.3) is 11.1 Å². The molecule has 108 valence electrons. The van der Waals surface area contributed by atoms with Crippen LogP contribution in [0.4, 0.5) is 11.7 Å². The Morgan fingerprint density at radius 3 is 2.71 bits per heavy atom. The third-order valence-corrected chi connectivity index (χ3v) is 3.40. The van der Waals surface area contributed by atoms with Crippen LogP contribution >= 0.6 is 0 Å². The number of aromatic nitrogens is 1. The molecule has 0 aliphatic rings. The highest BCUT2D eigenvalue weighted by molar-refractivity contribution is 5.76. The Balaban J connectivity index is 1.75. The average molecular weight is 282 g/mol. The van der Waals surface area contributed by atoms with Gasteiger partial charge in [-0.3, -0.25) is 0 Å². The maximum absolute atomic E-state index is 9.43. The molecule has 1 heterocycles. The second kappa shape index (κ2) is 5.87. The first-order chi connectivity index (χ1) is 10.2. The van der Waals surface area contributed by atoms with Gasteiger partial charge < -0.3 is 14.8 Å². The fourth-order valence-corrected chi connectivity index (χ4v) is 2.23. The number of fused-ring (bicyclic) bond motifs is 1. The number of oxazole rings is 1. The van der Waals surface area contributed by atoms with E-state index in [0.29, 0.717) is 17.1 Å². The molecule has 0 amide bonds. The molecule has 0 atom stereocenters. The number of phenols is 1. The monoisotopic (exact) mass is 282 g/mol. The standard InChI is InChI=1S/C17H18N2O2/c1-2-3-4-12-5-7-13(8-6-12)18-17-19-15-11-14(20)9-10-16(15)21-17/h5-11,20H,2-4H2,1H3,(H,18,19). The summed E-state index contributed by atoms with van der Waals surface area (Å²) in [6.07, 6.45) is 3.52. The molecule has 2 aromatic carbocycles. The smallest absolute Gasteiger partial charge is 0.300 e. The average Bonchev–Trinajstić information content (AvgIpc) is 2.88. The number of aryl methyl sites for hydroxylation is 1. The van der Waals surface area contributed by atoms with Crippen LogP contribution in [0.1, 0.15) is 25.3 Å². The molecule has 0 radical (unpaired) electrons. The van der Waals surface area contributed by atoms with Gasteiger partial charge >= 0.3 is 0 Å². The first-order valence-corrected chi connectivity index (χ1v) is 7.20. The predicted molar refractivity (Wildman–Crippen MR) is 84.0 cm³/mol. The quantitative estimate of drug-likeness (QED) is 0.717. The lowest BCUT2D eigenvalue weighted by molar-refractivity contribution is 0.476. The van der Waals surface area contributed by atoms with Gasteiger partial charge in [0.2, 0.25) is 0 Å². The van der Waals surface area contributed by atoms with E-state index >= 15 is 0 Å². The fourth-order valence-electron chi connectivity index (χ4n) is 2.23. The van der Waals surface area contributed by atoms with Crippen molar-refractivity contribution in [3.05, 3.63) is 48.0 Å². The van der Waals surface area contributed by atoms with E-state index in [4.69, 9.17) is 4.42 Å². The van der Waals surface area contributed by atoms with E-state index in [1.54, 1.807) is 18.2 Å². The van der Waals surface area contributed by atoms with E-state index in [1.807, 2.05) is 12.1 Å².